The lowest BCUT2D eigenvalue weighted by Crippen LogP contribution is -2.73. The fourth-order valence-corrected chi connectivity index (χ4v) is 8.71. The zero-order valence-corrected chi connectivity index (χ0v) is 21.1. The molecular formula is C25H29F3N2O5S. The zero-order valence-electron chi connectivity index (χ0n) is 20.3. The fraction of sp³-hybridized carbons (Fsp3) is 0.640. The number of nitrogens with zero attached hydrogens (tertiary/aromatic N) is 1. The summed E-state index contributed by atoms with van der Waals surface area (Å²) < 4.78 is 67.4. The molecule has 196 valence electrons. The van der Waals surface area contributed by atoms with Crippen LogP contribution in [0.4, 0.5) is 13.2 Å². The number of H-pyrrole nitrogens is 1. The Labute approximate surface area is 207 Å². The number of hydrogen-bond acceptors (Lipinski definition) is 5. The van der Waals surface area contributed by atoms with Crippen molar-refractivity contribution in [2.75, 3.05) is 0 Å². The summed E-state index contributed by atoms with van der Waals surface area (Å²) in [5.41, 5.74) is -5.11. The lowest BCUT2D eigenvalue weighted by Gasteiger charge is -2.71. The topological polar surface area (TPSA) is 99.7 Å². The van der Waals surface area contributed by atoms with Crippen molar-refractivity contribution in [1.82, 2.24) is 9.88 Å². The Morgan fingerprint density at radius 1 is 1.25 bits per heavy atom. The molecule has 1 aromatic heterocycles. The summed E-state index contributed by atoms with van der Waals surface area (Å²) in [6.45, 7) is 5.44. The summed E-state index contributed by atoms with van der Waals surface area (Å²) in [5.74, 6) is -0.842. The van der Waals surface area contributed by atoms with Gasteiger partial charge in [0, 0.05) is 41.0 Å². The van der Waals surface area contributed by atoms with E-state index in [0.717, 1.165) is 25.7 Å². The number of fused-ring (bicyclic) bond motifs is 2. The number of aromatic nitrogens is 1. The highest BCUT2D eigenvalue weighted by Gasteiger charge is 2.80. The zero-order chi connectivity index (χ0) is 26.1. The van der Waals surface area contributed by atoms with E-state index in [4.69, 9.17) is 0 Å². The number of carbonyl (C=O) groups excluding carboxylic acids is 1. The van der Waals surface area contributed by atoms with Gasteiger partial charge in [-0.05, 0) is 67.6 Å². The van der Waals surface area contributed by atoms with Gasteiger partial charge in [-0.1, -0.05) is 19.9 Å². The number of amides is 1. The van der Waals surface area contributed by atoms with Crippen molar-refractivity contribution < 1.29 is 35.7 Å². The Balaban J connectivity index is 1.29. The second kappa shape index (κ2) is 6.98. The Morgan fingerprint density at radius 3 is 2.58 bits per heavy atom. The van der Waals surface area contributed by atoms with Gasteiger partial charge in [-0.15, -0.1) is 0 Å². The highest BCUT2D eigenvalue weighted by atomic mass is 32.2. The van der Waals surface area contributed by atoms with Gasteiger partial charge in [-0.2, -0.15) is 21.6 Å². The van der Waals surface area contributed by atoms with Gasteiger partial charge in [0.25, 0.3) is 0 Å². The number of nitrogens with one attached hydrogen (secondary N) is 1. The van der Waals surface area contributed by atoms with E-state index in [2.05, 4.69) is 16.1 Å². The smallest absolute Gasteiger partial charge is 0.389 e. The van der Waals surface area contributed by atoms with Crippen molar-refractivity contribution >= 4 is 26.9 Å². The lowest BCUT2D eigenvalue weighted by atomic mass is 9.37. The van der Waals surface area contributed by atoms with E-state index >= 15 is 0 Å². The van der Waals surface area contributed by atoms with Crippen molar-refractivity contribution in [3.8, 4) is 5.75 Å². The van der Waals surface area contributed by atoms with Gasteiger partial charge in [-0.25, -0.2) is 0 Å². The monoisotopic (exact) mass is 526 g/mol. The van der Waals surface area contributed by atoms with E-state index in [1.54, 1.807) is 19.2 Å². The third-order valence-electron chi connectivity index (χ3n) is 9.89. The van der Waals surface area contributed by atoms with Crippen LogP contribution in [0.1, 0.15) is 69.4 Å². The number of benzene rings is 1. The molecule has 2 aromatic rings. The van der Waals surface area contributed by atoms with Crippen molar-refractivity contribution in [2.45, 2.75) is 88.4 Å². The molecule has 11 heteroatoms. The highest BCUT2D eigenvalue weighted by molar-refractivity contribution is 7.88. The summed E-state index contributed by atoms with van der Waals surface area (Å²) >= 11 is 0. The highest BCUT2D eigenvalue weighted by Crippen LogP contribution is 2.80. The predicted octanol–water partition coefficient (Wildman–Crippen LogP) is 4.49. The van der Waals surface area contributed by atoms with Gasteiger partial charge < -0.3 is 19.2 Å². The van der Waals surface area contributed by atoms with Crippen molar-refractivity contribution in [2.24, 2.45) is 10.8 Å². The molecule has 1 saturated heterocycles. The maximum absolute atomic E-state index is 13.6. The first-order chi connectivity index (χ1) is 16.6. The van der Waals surface area contributed by atoms with E-state index in [9.17, 15) is 31.5 Å². The van der Waals surface area contributed by atoms with Gasteiger partial charge in [0.1, 0.15) is 0 Å². The average Bonchev–Trinajstić information content (AvgIpc) is 3.24. The van der Waals surface area contributed by atoms with Crippen molar-refractivity contribution in [3.63, 3.8) is 0 Å². The molecule has 7 nitrogen and oxygen atoms in total. The molecule has 6 unspecified atom stereocenters. The normalized spacial score (nSPS) is 35.7. The Hall–Kier alpha value is -2.27. The van der Waals surface area contributed by atoms with Gasteiger partial charge >= 0.3 is 15.6 Å². The van der Waals surface area contributed by atoms with Crippen LogP contribution in [-0.4, -0.2) is 52.5 Å². The van der Waals surface area contributed by atoms with E-state index in [1.807, 2.05) is 4.90 Å². The molecule has 2 N–H and O–H groups in total. The molecule has 4 saturated carbocycles. The fourth-order valence-electron chi connectivity index (χ4n) is 8.18. The third-order valence-corrected chi connectivity index (χ3v) is 10.8. The minimum atomic E-state index is -5.86. The van der Waals surface area contributed by atoms with Gasteiger partial charge in [0.05, 0.1) is 5.60 Å². The molecule has 4 bridgehead atoms. The van der Waals surface area contributed by atoms with E-state index in [-0.39, 0.29) is 51.9 Å². The molecule has 36 heavy (non-hydrogen) atoms. The number of aryl methyl sites for hydroxylation is 1. The van der Waals surface area contributed by atoms with Crippen LogP contribution in [0.3, 0.4) is 0 Å². The summed E-state index contributed by atoms with van der Waals surface area (Å²) in [4.78, 5) is 18.5. The number of likely N-dealkylation sites (tertiary alicyclic amines) is 1. The van der Waals surface area contributed by atoms with Crippen molar-refractivity contribution in [1.29, 1.82) is 0 Å². The number of rotatable bonds is 5. The number of aliphatic hydroxyl groups is 1. The van der Waals surface area contributed by atoms with Gasteiger partial charge in [-0.3, -0.25) is 4.79 Å². The largest absolute Gasteiger partial charge is 0.534 e. The first-order valence-corrected chi connectivity index (χ1v) is 13.7. The first kappa shape index (κ1) is 24.1. The molecule has 1 aliphatic heterocycles. The lowest BCUT2D eigenvalue weighted by molar-refractivity contribution is -0.286. The Bertz CT molecular complexity index is 1400. The minimum Gasteiger partial charge on any atom is -0.389 e. The predicted molar refractivity (Wildman–Crippen MR) is 125 cm³/mol. The van der Waals surface area contributed by atoms with Crippen molar-refractivity contribution in [3.05, 3.63) is 29.5 Å². The van der Waals surface area contributed by atoms with Crippen LogP contribution < -0.4 is 4.18 Å². The molecule has 6 atom stereocenters. The van der Waals surface area contributed by atoms with Gasteiger partial charge in [0.2, 0.25) is 5.91 Å². The van der Waals surface area contributed by atoms with Crippen LogP contribution in [0.5, 0.6) is 5.75 Å². The molecule has 2 heterocycles. The summed E-state index contributed by atoms with van der Waals surface area (Å²) in [5, 5.41) is 11.5. The number of aromatic amines is 1. The van der Waals surface area contributed by atoms with Crippen LogP contribution in [0.25, 0.3) is 10.9 Å². The van der Waals surface area contributed by atoms with E-state index < -0.39 is 27.1 Å². The minimum absolute atomic E-state index is 0.00110. The number of hydrogen-bond donors (Lipinski definition) is 2. The third kappa shape index (κ3) is 2.90. The molecule has 1 amide bonds. The van der Waals surface area contributed by atoms with Crippen LogP contribution in [0.2, 0.25) is 0 Å². The quantitative estimate of drug-likeness (QED) is 0.442. The standard InChI is InChI=1S/C25H29F3N2O5S/c1-13-4-5-18-20(21(13)35-36(33,34)25(26,27)28)17(11-29-18)14(2)6-19(31)30-15-7-22(3)23(8-15)9-16(30)10-24(22,32)12-23/h4-5,11,14-16,29,32H,6-10,12H2,1-3H3. The average molecular weight is 527 g/mol. The van der Waals surface area contributed by atoms with Crippen LogP contribution in [0, 0.1) is 17.8 Å². The molecule has 1 spiro atoms. The number of alkyl halides is 3. The molecular weight excluding hydrogens is 497 g/mol. The maximum Gasteiger partial charge on any atom is 0.534 e. The number of carbonyl (C=O) groups is 1. The van der Waals surface area contributed by atoms with E-state index in [0.29, 0.717) is 17.5 Å². The van der Waals surface area contributed by atoms with E-state index in [1.165, 1.54) is 13.0 Å². The second-order valence-electron chi connectivity index (χ2n) is 11.7. The molecule has 1 aromatic carbocycles. The number of halogens is 3. The number of piperidine rings is 1. The van der Waals surface area contributed by atoms with Crippen LogP contribution in [0.15, 0.2) is 18.3 Å². The summed E-state index contributed by atoms with van der Waals surface area (Å²) in [7, 11) is -5.86. The SMILES string of the molecule is Cc1ccc2[nH]cc(C(C)CC(=O)N3C4CC5(O)CC6(C4)CC3CC56C)c2c1OS(=O)(=O)C(F)(F)F. The molecule has 7 rings (SSSR count). The van der Waals surface area contributed by atoms with Crippen LogP contribution in [-0.2, 0) is 14.9 Å². The molecule has 5 fully saturated rings. The molecule has 0 radical (unpaired) electrons. The second-order valence-corrected chi connectivity index (χ2v) is 13.3. The Kier molecular flexibility index (Phi) is 4.67. The molecule has 4 aliphatic carbocycles. The Morgan fingerprint density at radius 2 is 1.92 bits per heavy atom. The van der Waals surface area contributed by atoms with Gasteiger partial charge in [0.15, 0.2) is 5.75 Å². The maximum atomic E-state index is 13.6. The van der Waals surface area contributed by atoms with Crippen LogP contribution >= 0.6 is 0 Å². The molecule has 5 aliphatic rings. The summed E-state index contributed by atoms with van der Waals surface area (Å²) in [6.07, 6.45) is 5.72. The first-order valence-electron chi connectivity index (χ1n) is 12.3. The summed E-state index contributed by atoms with van der Waals surface area (Å²) in [6, 6.07) is 3.21.